The van der Waals surface area contributed by atoms with E-state index in [-0.39, 0.29) is 28.8 Å². The first-order valence-electron chi connectivity index (χ1n) is 11.7. The van der Waals surface area contributed by atoms with Gasteiger partial charge in [-0.05, 0) is 54.4 Å². The standard InChI is InChI=1S/C27H18F7N5O/c1-14-36-37-24-22-20(4-3-9-35-22)21(16-5-7-19(28)8-6-16)23(39(14)24)25(40)38(2)13-15-10-17(26(29,30)31)12-18(11-15)27(32,33)34/h3-12H,13H2,1-2H3. The first kappa shape index (κ1) is 27.0. The molecule has 0 saturated carbocycles. The maximum atomic E-state index is 14.0. The van der Waals surface area contributed by atoms with Gasteiger partial charge < -0.3 is 4.90 Å². The number of fused-ring (bicyclic) bond motifs is 3. The molecule has 0 aliphatic carbocycles. The van der Waals surface area contributed by atoms with E-state index in [0.29, 0.717) is 34.2 Å². The molecular weight excluding hydrogens is 543 g/mol. The van der Waals surface area contributed by atoms with Gasteiger partial charge in [0, 0.05) is 30.7 Å². The predicted octanol–water partition coefficient (Wildman–Crippen LogP) is 6.70. The van der Waals surface area contributed by atoms with Crippen LogP contribution in [-0.2, 0) is 18.9 Å². The third kappa shape index (κ3) is 4.82. The Morgan fingerprint density at radius 3 is 2.15 bits per heavy atom. The first-order chi connectivity index (χ1) is 18.8. The van der Waals surface area contributed by atoms with Gasteiger partial charge in [-0.1, -0.05) is 18.2 Å². The lowest BCUT2D eigenvalue weighted by Crippen LogP contribution is -2.29. The highest BCUT2D eigenvalue weighted by Crippen LogP contribution is 2.38. The molecule has 2 aromatic carbocycles. The molecule has 6 nitrogen and oxygen atoms in total. The molecule has 0 radical (unpaired) electrons. The molecule has 5 aromatic rings. The van der Waals surface area contributed by atoms with Crippen LogP contribution in [-0.4, -0.2) is 37.4 Å². The third-order valence-corrected chi connectivity index (χ3v) is 6.32. The summed E-state index contributed by atoms with van der Waals surface area (Å²) in [4.78, 5) is 19.4. The number of amides is 1. The summed E-state index contributed by atoms with van der Waals surface area (Å²) in [6.45, 7) is 0.991. The number of carbonyl (C=O) groups excluding carboxylic acids is 1. The minimum atomic E-state index is -5.04. The van der Waals surface area contributed by atoms with E-state index in [1.807, 2.05) is 0 Å². The second kappa shape index (κ2) is 9.57. The summed E-state index contributed by atoms with van der Waals surface area (Å²) in [5.41, 5.74) is -2.03. The number of aryl methyl sites for hydroxylation is 1. The lowest BCUT2D eigenvalue weighted by Gasteiger charge is -2.23. The van der Waals surface area contributed by atoms with Crippen LogP contribution in [0.1, 0.15) is 33.0 Å². The molecule has 0 saturated heterocycles. The summed E-state index contributed by atoms with van der Waals surface area (Å²) in [7, 11) is 1.25. The van der Waals surface area contributed by atoms with Crippen molar-refractivity contribution in [1.82, 2.24) is 24.5 Å². The minimum absolute atomic E-state index is 0.0184. The van der Waals surface area contributed by atoms with Crippen molar-refractivity contribution in [2.45, 2.75) is 25.8 Å². The largest absolute Gasteiger partial charge is 0.416 e. The topological polar surface area (TPSA) is 63.4 Å². The number of halogens is 7. The smallest absolute Gasteiger partial charge is 0.336 e. The predicted molar refractivity (Wildman–Crippen MR) is 131 cm³/mol. The van der Waals surface area contributed by atoms with Crippen LogP contribution < -0.4 is 0 Å². The van der Waals surface area contributed by atoms with Crippen LogP contribution in [0.5, 0.6) is 0 Å². The van der Waals surface area contributed by atoms with E-state index in [4.69, 9.17) is 0 Å². The SMILES string of the molecule is Cc1nnc2c3ncccc3c(-c3ccc(F)cc3)c(C(=O)N(C)Cc3cc(C(F)(F)F)cc(C(F)(F)F)c3)n12. The Hall–Kier alpha value is -4.55. The lowest BCUT2D eigenvalue weighted by molar-refractivity contribution is -0.143. The van der Waals surface area contributed by atoms with Crippen molar-refractivity contribution in [1.29, 1.82) is 0 Å². The number of nitrogens with zero attached hydrogens (tertiary/aromatic N) is 5. The fourth-order valence-electron chi connectivity index (χ4n) is 4.56. The van der Waals surface area contributed by atoms with E-state index in [1.165, 1.54) is 41.9 Å². The van der Waals surface area contributed by atoms with Crippen molar-refractivity contribution >= 4 is 22.5 Å². The Bertz CT molecular complexity index is 1730. The fourth-order valence-corrected chi connectivity index (χ4v) is 4.56. The molecule has 0 aliphatic heterocycles. The monoisotopic (exact) mass is 561 g/mol. The molecular formula is C27H18F7N5O. The number of alkyl halides is 6. The summed E-state index contributed by atoms with van der Waals surface area (Å²) in [6, 6.07) is 9.74. The number of pyridine rings is 2. The summed E-state index contributed by atoms with van der Waals surface area (Å²) in [6.07, 6.45) is -8.56. The van der Waals surface area contributed by atoms with Gasteiger partial charge in [-0.15, -0.1) is 10.2 Å². The van der Waals surface area contributed by atoms with E-state index in [0.717, 1.165) is 4.90 Å². The van der Waals surface area contributed by atoms with Crippen molar-refractivity contribution in [3.05, 3.63) is 94.8 Å². The Labute approximate surface area is 221 Å². The number of hydrogen-bond donors (Lipinski definition) is 0. The van der Waals surface area contributed by atoms with Gasteiger partial charge in [0.2, 0.25) is 0 Å². The molecule has 3 aromatic heterocycles. The van der Waals surface area contributed by atoms with Crippen LogP contribution in [0.3, 0.4) is 0 Å². The van der Waals surface area contributed by atoms with E-state index >= 15 is 0 Å². The average Bonchev–Trinajstić information content (AvgIpc) is 3.28. The van der Waals surface area contributed by atoms with Gasteiger partial charge in [0.25, 0.3) is 5.91 Å². The molecule has 0 aliphatic rings. The second-order valence-electron chi connectivity index (χ2n) is 9.11. The molecule has 5 rings (SSSR count). The molecule has 13 heteroatoms. The average molecular weight is 561 g/mol. The zero-order chi connectivity index (χ0) is 29.0. The highest BCUT2D eigenvalue weighted by molar-refractivity contribution is 6.11. The molecule has 3 heterocycles. The van der Waals surface area contributed by atoms with E-state index in [2.05, 4.69) is 15.2 Å². The van der Waals surface area contributed by atoms with Gasteiger partial charge in [-0.25, -0.2) is 4.39 Å². The Balaban J connectivity index is 1.70. The van der Waals surface area contributed by atoms with Crippen molar-refractivity contribution in [3.63, 3.8) is 0 Å². The molecule has 0 N–H and O–H groups in total. The molecule has 1 amide bonds. The highest BCUT2D eigenvalue weighted by Gasteiger charge is 2.37. The molecule has 0 spiro atoms. The van der Waals surface area contributed by atoms with Gasteiger partial charge >= 0.3 is 12.4 Å². The summed E-state index contributed by atoms with van der Waals surface area (Å²) in [5, 5.41) is 8.64. The number of carbonyl (C=O) groups is 1. The van der Waals surface area contributed by atoms with Crippen LogP contribution >= 0.6 is 0 Å². The number of aromatic nitrogens is 4. The van der Waals surface area contributed by atoms with Crippen LogP contribution in [0.15, 0.2) is 60.8 Å². The summed E-state index contributed by atoms with van der Waals surface area (Å²) in [5.74, 6) is -0.993. The minimum Gasteiger partial charge on any atom is -0.336 e. The summed E-state index contributed by atoms with van der Waals surface area (Å²) >= 11 is 0. The zero-order valence-corrected chi connectivity index (χ0v) is 20.8. The highest BCUT2D eigenvalue weighted by atomic mass is 19.4. The van der Waals surface area contributed by atoms with E-state index < -0.39 is 41.7 Å². The maximum Gasteiger partial charge on any atom is 0.416 e. The van der Waals surface area contributed by atoms with Crippen LogP contribution in [0.25, 0.3) is 27.7 Å². The second-order valence-corrected chi connectivity index (χ2v) is 9.11. The lowest BCUT2D eigenvalue weighted by atomic mass is 9.97. The van der Waals surface area contributed by atoms with Gasteiger partial charge in [0.1, 0.15) is 22.9 Å². The molecule has 0 bridgehead atoms. The molecule has 0 unspecified atom stereocenters. The molecule has 0 fully saturated rings. The third-order valence-electron chi connectivity index (χ3n) is 6.32. The van der Waals surface area contributed by atoms with Crippen molar-refractivity contribution in [3.8, 4) is 11.1 Å². The van der Waals surface area contributed by atoms with Crippen LogP contribution in [0.2, 0.25) is 0 Å². The quantitative estimate of drug-likeness (QED) is 0.229. The van der Waals surface area contributed by atoms with Gasteiger partial charge in [0.05, 0.1) is 11.1 Å². The fraction of sp³-hybridized carbons (Fsp3) is 0.185. The molecule has 40 heavy (non-hydrogen) atoms. The Morgan fingerprint density at radius 1 is 0.925 bits per heavy atom. The van der Waals surface area contributed by atoms with Gasteiger partial charge in [-0.2, -0.15) is 26.3 Å². The van der Waals surface area contributed by atoms with Crippen LogP contribution in [0.4, 0.5) is 30.7 Å². The Kier molecular flexibility index (Phi) is 6.47. The number of benzene rings is 2. The van der Waals surface area contributed by atoms with Gasteiger partial charge in [-0.3, -0.25) is 14.2 Å². The summed E-state index contributed by atoms with van der Waals surface area (Å²) < 4.78 is 95.6. The van der Waals surface area contributed by atoms with Gasteiger partial charge in [0.15, 0.2) is 5.65 Å². The van der Waals surface area contributed by atoms with E-state index in [1.54, 1.807) is 19.1 Å². The molecule has 0 atom stereocenters. The van der Waals surface area contributed by atoms with Crippen molar-refractivity contribution in [2.24, 2.45) is 0 Å². The number of hydrogen-bond acceptors (Lipinski definition) is 4. The Morgan fingerprint density at radius 2 is 1.55 bits per heavy atom. The van der Waals surface area contributed by atoms with Crippen molar-refractivity contribution in [2.75, 3.05) is 7.05 Å². The molecule has 206 valence electrons. The van der Waals surface area contributed by atoms with Crippen molar-refractivity contribution < 1.29 is 35.5 Å². The van der Waals surface area contributed by atoms with Crippen LogP contribution in [0, 0.1) is 12.7 Å². The maximum absolute atomic E-state index is 14.0. The number of rotatable bonds is 4. The van der Waals surface area contributed by atoms with E-state index in [9.17, 15) is 35.5 Å². The normalized spacial score (nSPS) is 12.3. The zero-order valence-electron chi connectivity index (χ0n) is 20.8. The first-order valence-corrected chi connectivity index (χ1v) is 11.7.